The first kappa shape index (κ1) is 17.9. The molecule has 0 bridgehead atoms. The van der Waals surface area contributed by atoms with Crippen molar-refractivity contribution in [1.29, 1.82) is 0 Å². The van der Waals surface area contributed by atoms with Crippen LogP contribution < -0.4 is 4.90 Å². The van der Waals surface area contributed by atoms with E-state index in [1.165, 1.54) is 51.4 Å². The van der Waals surface area contributed by atoms with Crippen LogP contribution in [0.15, 0.2) is 24.4 Å². The van der Waals surface area contributed by atoms with Crippen molar-refractivity contribution in [2.75, 3.05) is 11.4 Å². The number of aromatic nitrogens is 1. The number of aldehydes is 1. The molecule has 2 heterocycles. The molecule has 128 valence electrons. The molecule has 1 saturated heterocycles. The van der Waals surface area contributed by atoms with E-state index in [-0.39, 0.29) is 6.10 Å². The molecule has 4 nitrogen and oxygen atoms in total. The summed E-state index contributed by atoms with van der Waals surface area (Å²) in [4.78, 5) is 17.5. The summed E-state index contributed by atoms with van der Waals surface area (Å²) in [5.41, 5.74) is 0. The number of hydrogen-bond donors (Lipinski definition) is 0. The monoisotopic (exact) mass is 318 g/mol. The minimum Gasteiger partial charge on any atom is -0.346 e. The molecule has 4 heteroatoms. The van der Waals surface area contributed by atoms with Crippen molar-refractivity contribution >= 4 is 12.1 Å². The van der Waals surface area contributed by atoms with Crippen LogP contribution in [0, 0.1) is 0 Å². The second-order valence-electron chi connectivity index (χ2n) is 6.39. The zero-order valence-corrected chi connectivity index (χ0v) is 14.3. The number of anilines is 1. The second kappa shape index (κ2) is 10.4. The Bertz CT molecular complexity index is 438. The van der Waals surface area contributed by atoms with Gasteiger partial charge in [0.05, 0.1) is 6.10 Å². The molecule has 2 rings (SSSR count). The topological polar surface area (TPSA) is 42.4 Å². The zero-order valence-electron chi connectivity index (χ0n) is 14.3. The molecule has 0 N–H and O–H groups in total. The second-order valence-corrected chi connectivity index (χ2v) is 6.39. The van der Waals surface area contributed by atoms with Gasteiger partial charge in [-0.3, -0.25) is 4.79 Å². The largest absolute Gasteiger partial charge is 0.346 e. The molecule has 0 spiro atoms. The molecule has 1 aromatic heterocycles. The molecule has 0 aliphatic carbocycles. The van der Waals surface area contributed by atoms with Gasteiger partial charge in [0, 0.05) is 12.7 Å². The Morgan fingerprint density at radius 3 is 2.57 bits per heavy atom. The third-order valence-corrected chi connectivity index (χ3v) is 4.48. The van der Waals surface area contributed by atoms with Crippen molar-refractivity contribution in [3.8, 4) is 0 Å². The number of carbonyl (C=O) groups excluding carboxylic acids is 1. The highest BCUT2D eigenvalue weighted by Gasteiger charge is 2.32. The normalized spacial score (nSPS) is 20.8. The minimum absolute atomic E-state index is 0.146. The fourth-order valence-corrected chi connectivity index (χ4v) is 3.16. The summed E-state index contributed by atoms with van der Waals surface area (Å²) in [5.74, 6) is 0.822. The van der Waals surface area contributed by atoms with Gasteiger partial charge in [-0.05, 0) is 18.6 Å². The maximum absolute atomic E-state index is 11.2. The van der Waals surface area contributed by atoms with Gasteiger partial charge in [0.1, 0.15) is 5.82 Å². The molecule has 0 saturated carbocycles. The summed E-state index contributed by atoms with van der Waals surface area (Å²) in [6.45, 7) is 3.01. The minimum atomic E-state index is -0.482. The molecule has 2 atom stereocenters. The Balaban J connectivity index is 1.64. The van der Waals surface area contributed by atoms with E-state index in [2.05, 4.69) is 11.9 Å². The third-order valence-electron chi connectivity index (χ3n) is 4.48. The van der Waals surface area contributed by atoms with E-state index in [0.717, 1.165) is 25.1 Å². The van der Waals surface area contributed by atoms with Crippen molar-refractivity contribution in [3.63, 3.8) is 0 Å². The first-order valence-corrected chi connectivity index (χ1v) is 9.13. The van der Waals surface area contributed by atoms with Crippen LogP contribution in [0.5, 0.6) is 0 Å². The number of pyridine rings is 1. The van der Waals surface area contributed by atoms with Gasteiger partial charge < -0.3 is 9.64 Å². The number of nitrogens with zero attached hydrogens (tertiary/aromatic N) is 2. The lowest BCUT2D eigenvalue weighted by Crippen LogP contribution is -2.31. The van der Waals surface area contributed by atoms with E-state index < -0.39 is 6.23 Å². The summed E-state index contributed by atoms with van der Waals surface area (Å²) in [6.07, 6.45) is 13.9. The molecular weight excluding hydrogens is 288 g/mol. The van der Waals surface area contributed by atoms with Crippen molar-refractivity contribution in [2.45, 2.75) is 77.0 Å². The van der Waals surface area contributed by atoms with E-state index in [9.17, 15) is 4.79 Å². The highest BCUT2D eigenvalue weighted by atomic mass is 16.5. The van der Waals surface area contributed by atoms with Gasteiger partial charge in [-0.15, -0.1) is 0 Å². The van der Waals surface area contributed by atoms with Crippen molar-refractivity contribution in [3.05, 3.63) is 24.4 Å². The predicted octanol–water partition coefficient (Wildman–Crippen LogP) is 4.34. The van der Waals surface area contributed by atoms with E-state index in [1.54, 1.807) is 6.20 Å². The Hall–Kier alpha value is -1.42. The Labute approximate surface area is 140 Å². The zero-order chi connectivity index (χ0) is 16.3. The molecule has 1 aromatic rings. The van der Waals surface area contributed by atoms with Gasteiger partial charge in [-0.25, -0.2) is 4.98 Å². The molecule has 0 aromatic carbocycles. The third kappa shape index (κ3) is 5.94. The fourth-order valence-electron chi connectivity index (χ4n) is 3.16. The smallest absolute Gasteiger partial charge is 0.188 e. The number of hydrogen-bond acceptors (Lipinski definition) is 4. The fraction of sp³-hybridized carbons (Fsp3) is 0.684. The molecule has 1 aliphatic heterocycles. The maximum atomic E-state index is 11.2. The number of ether oxygens (including phenoxy) is 1. The summed E-state index contributed by atoms with van der Waals surface area (Å²) < 4.78 is 5.86. The lowest BCUT2D eigenvalue weighted by Gasteiger charge is -2.18. The quantitative estimate of drug-likeness (QED) is 0.449. The van der Waals surface area contributed by atoms with Crippen molar-refractivity contribution in [1.82, 2.24) is 4.98 Å². The van der Waals surface area contributed by atoms with Crippen LogP contribution in [0.4, 0.5) is 5.82 Å². The first-order chi connectivity index (χ1) is 11.3. The highest BCUT2D eigenvalue weighted by Crippen LogP contribution is 2.24. The summed E-state index contributed by atoms with van der Waals surface area (Å²) in [6, 6.07) is 5.75. The Kier molecular flexibility index (Phi) is 8.08. The highest BCUT2D eigenvalue weighted by molar-refractivity contribution is 5.63. The number of unbranched alkanes of at least 4 members (excludes halogenated alkanes) is 7. The van der Waals surface area contributed by atoms with Crippen LogP contribution in [0.25, 0.3) is 0 Å². The van der Waals surface area contributed by atoms with Gasteiger partial charge in [0.25, 0.3) is 0 Å². The number of carbonyl (C=O) groups is 1. The molecule has 1 aliphatic rings. The van der Waals surface area contributed by atoms with Crippen molar-refractivity contribution < 1.29 is 9.53 Å². The van der Waals surface area contributed by atoms with E-state index in [0.29, 0.717) is 0 Å². The average molecular weight is 318 g/mol. The predicted molar refractivity (Wildman–Crippen MR) is 93.5 cm³/mol. The van der Waals surface area contributed by atoms with Gasteiger partial charge in [-0.2, -0.15) is 0 Å². The van der Waals surface area contributed by atoms with Crippen molar-refractivity contribution in [2.24, 2.45) is 0 Å². The summed E-state index contributed by atoms with van der Waals surface area (Å²) >= 11 is 0. The van der Waals surface area contributed by atoms with Gasteiger partial charge in [-0.1, -0.05) is 64.4 Å². The maximum Gasteiger partial charge on any atom is 0.188 e. The molecule has 0 radical (unpaired) electrons. The molecular formula is C19H30N2O2. The van der Waals surface area contributed by atoms with Crippen LogP contribution in [0.2, 0.25) is 0 Å². The SMILES string of the molecule is CCCCCCCCCCC1CN(c2ccccn2)C(C=O)O1. The number of rotatable bonds is 11. The first-order valence-electron chi connectivity index (χ1n) is 9.13. The summed E-state index contributed by atoms with van der Waals surface area (Å²) in [5, 5.41) is 0. The van der Waals surface area contributed by atoms with Crippen LogP contribution in [0.1, 0.15) is 64.7 Å². The van der Waals surface area contributed by atoms with E-state index in [4.69, 9.17) is 4.74 Å². The van der Waals surface area contributed by atoms with E-state index >= 15 is 0 Å². The van der Waals surface area contributed by atoms with Crippen LogP contribution in [0.3, 0.4) is 0 Å². The molecule has 23 heavy (non-hydrogen) atoms. The Morgan fingerprint density at radius 2 is 1.91 bits per heavy atom. The molecule has 0 amide bonds. The molecule has 1 fully saturated rings. The lowest BCUT2D eigenvalue weighted by molar-refractivity contribution is -0.117. The van der Waals surface area contributed by atoms with Gasteiger partial charge in [0.15, 0.2) is 12.5 Å². The van der Waals surface area contributed by atoms with Gasteiger partial charge >= 0.3 is 0 Å². The van der Waals surface area contributed by atoms with Gasteiger partial charge in [0.2, 0.25) is 0 Å². The Morgan fingerprint density at radius 1 is 1.17 bits per heavy atom. The standard InChI is InChI=1S/C19H30N2O2/c1-2-3-4-5-6-7-8-9-12-17-15-21(19(16-22)23-17)18-13-10-11-14-20-18/h10-11,13-14,16-17,19H,2-9,12,15H2,1H3. The lowest BCUT2D eigenvalue weighted by atomic mass is 10.1. The average Bonchev–Trinajstić information content (AvgIpc) is 3.01. The summed E-state index contributed by atoms with van der Waals surface area (Å²) in [7, 11) is 0. The van der Waals surface area contributed by atoms with Crippen LogP contribution in [-0.2, 0) is 9.53 Å². The van der Waals surface area contributed by atoms with E-state index in [1.807, 2.05) is 23.1 Å². The van der Waals surface area contributed by atoms with Crippen LogP contribution >= 0.6 is 0 Å². The molecule has 2 unspecified atom stereocenters. The van der Waals surface area contributed by atoms with Crippen LogP contribution in [-0.4, -0.2) is 30.1 Å².